The van der Waals surface area contributed by atoms with Crippen molar-refractivity contribution in [2.45, 2.75) is 33.3 Å². The smallest absolute Gasteiger partial charge is 0.311 e. The van der Waals surface area contributed by atoms with Crippen LogP contribution in [0.3, 0.4) is 0 Å². The summed E-state index contributed by atoms with van der Waals surface area (Å²) in [5.74, 6) is -0.908. The molecule has 0 heterocycles. The van der Waals surface area contributed by atoms with E-state index in [4.69, 9.17) is 85.9 Å². The fourth-order valence-electron chi connectivity index (χ4n) is 2.62. The highest BCUT2D eigenvalue weighted by atomic mass is 35.5. The molecule has 0 spiro atoms. The van der Waals surface area contributed by atoms with Crippen LogP contribution in [0.15, 0.2) is 10.1 Å². The number of carbonyl (C=O) groups excluding carboxylic acids is 1. The Morgan fingerprint density at radius 3 is 2.24 bits per heavy atom. The van der Waals surface area contributed by atoms with Gasteiger partial charge in [-0.1, -0.05) is 46.4 Å². The summed E-state index contributed by atoms with van der Waals surface area (Å²) >= 11 is 43.2. The van der Waals surface area contributed by atoms with E-state index in [1.165, 1.54) is 0 Å². The maximum absolute atomic E-state index is 12.2. The first-order chi connectivity index (χ1) is 9.64. The molecule has 0 unspecified atom stereocenters. The molecule has 1 saturated carbocycles. The number of esters is 1. The lowest BCUT2D eigenvalue weighted by Gasteiger charge is -2.32. The standard InChI is InChI=1S/C12H11Cl7O2/c13-3-1-2-4-21-9(20)6-5-10(16)7(14)8(15)11(6,17)12(10,18)19/h6H,1-5H2/t6-,10-,11-/m0/s1. The maximum Gasteiger partial charge on any atom is 0.311 e. The lowest BCUT2D eigenvalue weighted by Crippen LogP contribution is -2.46. The van der Waals surface area contributed by atoms with Gasteiger partial charge in [0.1, 0.15) is 9.75 Å². The molecular weight excluding hydrogens is 424 g/mol. The van der Waals surface area contributed by atoms with Gasteiger partial charge in [-0.05, 0) is 19.3 Å². The van der Waals surface area contributed by atoms with Crippen molar-refractivity contribution >= 4 is 87.2 Å². The zero-order chi connectivity index (χ0) is 16.1. The minimum atomic E-state index is -1.70. The summed E-state index contributed by atoms with van der Waals surface area (Å²) in [6.45, 7) is 0.233. The van der Waals surface area contributed by atoms with E-state index in [1.54, 1.807) is 0 Å². The molecule has 0 saturated heterocycles. The number of alkyl halides is 5. The van der Waals surface area contributed by atoms with Gasteiger partial charge >= 0.3 is 5.97 Å². The number of fused-ring (bicyclic) bond motifs is 2. The van der Waals surface area contributed by atoms with Gasteiger partial charge in [-0.3, -0.25) is 4.79 Å². The van der Waals surface area contributed by atoms with Crippen molar-refractivity contribution in [3.63, 3.8) is 0 Å². The maximum atomic E-state index is 12.2. The van der Waals surface area contributed by atoms with Crippen molar-refractivity contribution in [2.75, 3.05) is 12.5 Å². The first-order valence-electron chi connectivity index (χ1n) is 6.19. The lowest BCUT2D eigenvalue weighted by molar-refractivity contribution is -0.149. The summed E-state index contributed by atoms with van der Waals surface area (Å²) in [6, 6.07) is 0. The summed E-state index contributed by atoms with van der Waals surface area (Å²) in [7, 11) is 0. The lowest BCUT2D eigenvalue weighted by atomic mass is 9.92. The molecule has 2 rings (SSSR count). The zero-order valence-corrected chi connectivity index (χ0v) is 15.9. The molecule has 21 heavy (non-hydrogen) atoms. The minimum Gasteiger partial charge on any atom is -0.465 e. The first kappa shape index (κ1) is 18.6. The number of halogens is 7. The molecular formula is C12H11Cl7O2. The number of carbonyl (C=O) groups is 1. The predicted octanol–water partition coefficient (Wildman–Crippen LogP) is 5.40. The normalized spacial score (nSPS) is 37.2. The van der Waals surface area contributed by atoms with E-state index in [9.17, 15) is 4.79 Å². The minimum absolute atomic E-state index is 0.000193. The van der Waals surface area contributed by atoms with Crippen molar-refractivity contribution in [3.05, 3.63) is 10.1 Å². The number of unbranched alkanes of at least 4 members (excludes halogenated alkanes) is 1. The van der Waals surface area contributed by atoms with E-state index < -0.39 is 26.0 Å². The van der Waals surface area contributed by atoms with E-state index in [0.29, 0.717) is 12.3 Å². The largest absolute Gasteiger partial charge is 0.465 e. The number of hydrogen-bond acceptors (Lipinski definition) is 2. The van der Waals surface area contributed by atoms with Crippen molar-refractivity contribution in [1.29, 1.82) is 0 Å². The van der Waals surface area contributed by atoms with Gasteiger partial charge in [-0.15, -0.1) is 34.8 Å². The third kappa shape index (κ3) is 2.49. The number of ether oxygens (including phenoxy) is 1. The Bertz CT molecular complexity index is 492. The summed E-state index contributed by atoms with van der Waals surface area (Å²) in [5, 5.41) is 0.0804. The van der Waals surface area contributed by atoms with Crippen LogP contribution >= 0.6 is 81.2 Å². The van der Waals surface area contributed by atoms with E-state index in [2.05, 4.69) is 0 Å². The molecule has 2 bridgehead atoms. The zero-order valence-electron chi connectivity index (χ0n) is 10.6. The van der Waals surface area contributed by atoms with E-state index in [0.717, 1.165) is 6.42 Å². The van der Waals surface area contributed by atoms with Gasteiger partial charge in [0, 0.05) is 5.88 Å². The Hall–Kier alpha value is 1.24. The van der Waals surface area contributed by atoms with Gasteiger partial charge in [0.15, 0.2) is 4.33 Å². The van der Waals surface area contributed by atoms with Crippen LogP contribution in [-0.4, -0.2) is 32.5 Å². The molecule has 0 aromatic carbocycles. The molecule has 0 amide bonds. The van der Waals surface area contributed by atoms with E-state index in [1.807, 2.05) is 0 Å². The third-order valence-corrected chi connectivity index (χ3v) is 8.38. The molecule has 120 valence electrons. The Kier molecular flexibility index (Phi) is 5.55. The molecule has 2 nitrogen and oxygen atoms in total. The molecule has 9 heteroatoms. The number of rotatable bonds is 5. The van der Waals surface area contributed by atoms with E-state index in [-0.39, 0.29) is 23.1 Å². The summed E-state index contributed by atoms with van der Waals surface area (Å²) in [4.78, 5) is 9.27. The van der Waals surface area contributed by atoms with Crippen LogP contribution < -0.4 is 0 Å². The van der Waals surface area contributed by atoms with Crippen LogP contribution in [0.4, 0.5) is 0 Å². The van der Waals surface area contributed by atoms with Crippen molar-refractivity contribution in [2.24, 2.45) is 5.92 Å². The van der Waals surface area contributed by atoms with Gasteiger partial charge < -0.3 is 4.74 Å². The van der Waals surface area contributed by atoms with Gasteiger partial charge in [0.05, 0.1) is 22.6 Å². The topological polar surface area (TPSA) is 26.3 Å². The number of hydrogen-bond donors (Lipinski definition) is 0. The third-order valence-electron chi connectivity index (χ3n) is 3.84. The van der Waals surface area contributed by atoms with Crippen LogP contribution in [0.5, 0.6) is 0 Å². The fourth-order valence-corrected chi connectivity index (χ4v) is 5.57. The van der Waals surface area contributed by atoms with Crippen LogP contribution in [0, 0.1) is 5.92 Å². The van der Waals surface area contributed by atoms with Gasteiger partial charge in [-0.2, -0.15) is 0 Å². The SMILES string of the molecule is O=C(OCCCCCl)[C@@H]1C[C@]2(Cl)C(Cl)=C(Cl)[C@]1(Cl)C2(Cl)Cl. The Balaban J connectivity index is 2.20. The second-order valence-electron chi connectivity index (χ2n) is 5.04. The van der Waals surface area contributed by atoms with Crippen molar-refractivity contribution in [1.82, 2.24) is 0 Å². The Morgan fingerprint density at radius 1 is 1.14 bits per heavy atom. The van der Waals surface area contributed by atoms with Crippen LogP contribution in [0.25, 0.3) is 0 Å². The number of allylic oxidation sites excluding steroid dienone is 2. The molecule has 2 aliphatic carbocycles. The second-order valence-corrected chi connectivity index (χ2v) is 8.74. The second kappa shape index (κ2) is 6.27. The van der Waals surface area contributed by atoms with Crippen LogP contribution in [0.1, 0.15) is 19.3 Å². The molecule has 2 aliphatic rings. The summed E-state index contributed by atoms with van der Waals surface area (Å²) < 4.78 is 3.49. The van der Waals surface area contributed by atoms with Crippen LogP contribution in [0.2, 0.25) is 0 Å². The molecule has 1 fully saturated rings. The predicted molar refractivity (Wildman–Crippen MR) is 89.4 cm³/mol. The highest BCUT2D eigenvalue weighted by Gasteiger charge is 2.80. The molecule has 3 atom stereocenters. The quantitative estimate of drug-likeness (QED) is 0.328. The van der Waals surface area contributed by atoms with Gasteiger partial charge in [0.25, 0.3) is 0 Å². The van der Waals surface area contributed by atoms with Gasteiger partial charge in [-0.25, -0.2) is 0 Å². The average Bonchev–Trinajstić information content (AvgIpc) is 2.65. The van der Waals surface area contributed by atoms with Crippen LogP contribution in [-0.2, 0) is 9.53 Å². The van der Waals surface area contributed by atoms with E-state index >= 15 is 0 Å². The summed E-state index contributed by atoms with van der Waals surface area (Å²) in [6.07, 6.45) is 1.46. The van der Waals surface area contributed by atoms with Crippen molar-refractivity contribution < 1.29 is 9.53 Å². The highest BCUT2D eigenvalue weighted by Crippen LogP contribution is 2.74. The molecule has 0 aliphatic heterocycles. The van der Waals surface area contributed by atoms with Gasteiger partial charge in [0.2, 0.25) is 0 Å². The first-order valence-corrected chi connectivity index (χ1v) is 8.99. The Morgan fingerprint density at radius 2 is 1.76 bits per heavy atom. The molecule has 0 N–H and O–H groups in total. The van der Waals surface area contributed by atoms with Crippen molar-refractivity contribution in [3.8, 4) is 0 Å². The summed E-state index contributed by atoms with van der Waals surface area (Å²) in [5.41, 5.74) is 0. The molecule has 0 aromatic heterocycles. The highest BCUT2D eigenvalue weighted by molar-refractivity contribution is 6.66. The Labute approximate surface area is 157 Å². The average molecular weight is 435 g/mol. The fraction of sp³-hybridized carbons (Fsp3) is 0.750. The molecule has 0 radical (unpaired) electrons. The monoisotopic (exact) mass is 432 g/mol. The molecule has 0 aromatic rings.